The zero-order chi connectivity index (χ0) is 14.4. The largest absolute Gasteiger partial charge is 0.293 e. The maximum atomic E-state index is 12.2. The fourth-order valence-corrected chi connectivity index (χ4v) is 2.93. The fourth-order valence-electron chi connectivity index (χ4n) is 2.63. The minimum Gasteiger partial charge on any atom is -0.293 e. The molecule has 0 bridgehead atoms. The van der Waals surface area contributed by atoms with Crippen molar-refractivity contribution in [2.45, 2.75) is 0 Å². The molecule has 3 aromatic heterocycles. The number of carbonyl (C=O) groups is 1. The lowest BCUT2D eigenvalue weighted by Crippen LogP contribution is -2.05. The van der Waals surface area contributed by atoms with Gasteiger partial charge in [-0.15, -0.1) is 0 Å². The molecule has 0 radical (unpaired) electrons. The second-order valence-electron chi connectivity index (χ2n) is 4.79. The van der Waals surface area contributed by atoms with E-state index in [-0.39, 0.29) is 11.1 Å². The number of hydrogen-bond acceptors (Lipinski definition) is 3. The SMILES string of the molecule is O=C(CBr)c1cc2cccnc2n2c1nc1ccccc12. The van der Waals surface area contributed by atoms with Crippen molar-refractivity contribution in [3.05, 3.63) is 54.2 Å². The summed E-state index contributed by atoms with van der Waals surface area (Å²) in [6.45, 7) is 0. The molecule has 4 nitrogen and oxygen atoms in total. The monoisotopic (exact) mass is 339 g/mol. The van der Waals surface area contributed by atoms with Crippen molar-refractivity contribution in [3.8, 4) is 0 Å². The van der Waals surface area contributed by atoms with Crippen molar-refractivity contribution in [1.29, 1.82) is 0 Å². The molecule has 0 aliphatic carbocycles. The normalized spacial score (nSPS) is 11.5. The highest BCUT2D eigenvalue weighted by molar-refractivity contribution is 9.09. The Labute approximate surface area is 128 Å². The minimum absolute atomic E-state index is 0.0149. The van der Waals surface area contributed by atoms with E-state index in [0.29, 0.717) is 11.2 Å². The molecule has 4 rings (SSSR count). The summed E-state index contributed by atoms with van der Waals surface area (Å²) in [7, 11) is 0. The summed E-state index contributed by atoms with van der Waals surface area (Å²) in [6, 6.07) is 13.5. The Balaban J connectivity index is 2.30. The molecular formula is C16H10BrN3O. The number of Topliss-reactive ketones (excluding diaryl/α,β-unsaturated/α-hetero) is 1. The Hall–Kier alpha value is -2.27. The molecule has 0 fully saturated rings. The predicted octanol–water partition coefficient (Wildman–Crippen LogP) is 3.61. The van der Waals surface area contributed by atoms with E-state index in [1.165, 1.54) is 0 Å². The van der Waals surface area contributed by atoms with Crippen molar-refractivity contribution in [2.75, 3.05) is 5.33 Å². The summed E-state index contributed by atoms with van der Waals surface area (Å²) in [5.41, 5.74) is 3.91. The van der Waals surface area contributed by atoms with Crippen LogP contribution in [0.4, 0.5) is 0 Å². The molecule has 1 aromatic carbocycles. The highest BCUT2D eigenvalue weighted by atomic mass is 79.9. The zero-order valence-electron chi connectivity index (χ0n) is 11.0. The van der Waals surface area contributed by atoms with Gasteiger partial charge in [-0.25, -0.2) is 9.97 Å². The second-order valence-corrected chi connectivity index (χ2v) is 5.35. The number of benzene rings is 1. The first kappa shape index (κ1) is 12.5. The van der Waals surface area contributed by atoms with Crippen molar-refractivity contribution in [3.63, 3.8) is 0 Å². The molecule has 0 saturated carbocycles. The van der Waals surface area contributed by atoms with Crippen LogP contribution in [0.3, 0.4) is 0 Å². The number of imidazole rings is 1. The van der Waals surface area contributed by atoms with Crippen LogP contribution in [0.15, 0.2) is 48.7 Å². The molecule has 0 unspecified atom stereocenters. The number of halogens is 1. The Morgan fingerprint density at radius 2 is 2.00 bits per heavy atom. The maximum absolute atomic E-state index is 12.2. The summed E-state index contributed by atoms with van der Waals surface area (Å²) >= 11 is 3.24. The first-order valence-corrected chi connectivity index (χ1v) is 7.66. The number of hydrogen-bond donors (Lipinski definition) is 0. The van der Waals surface area contributed by atoms with Crippen LogP contribution < -0.4 is 0 Å². The van der Waals surface area contributed by atoms with E-state index in [1.807, 2.05) is 46.9 Å². The van der Waals surface area contributed by atoms with Crippen LogP contribution in [0, 0.1) is 0 Å². The summed E-state index contributed by atoms with van der Waals surface area (Å²) in [4.78, 5) is 21.3. The number of carbonyl (C=O) groups excluding carboxylic acids is 1. The summed E-state index contributed by atoms with van der Waals surface area (Å²) in [5, 5.41) is 1.20. The summed E-state index contributed by atoms with van der Waals surface area (Å²) < 4.78 is 1.96. The number of aromatic nitrogens is 3. The maximum Gasteiger partial charge on any atom is 0.177 e. The molecule has 5 heteroatoms. The molecule has 0 aliphatic rings. The lowest BCUT2D eigenvalue weighted by atomic mass is 10.1. The Bertz CT molecular complexity index is 1010. The summed E-state index contributed by atoms with van der Waals surface area (Å²) in [6.07, 6.45) is 1.75. The van der Waals surface area contributed by atoms with Crippen molar-refractivity contribution >= 4 is 49.4 Å². The molecule has 0 atom stereocenters. The third-order valence-electron chi connectivity index (χ3n) is 3.55. The van der Waals surface area contributed by atoms with E-state index in [9.17, 15) is 4.79 Å². The van der Waals surface area contributed by atoms with Gasteiger partial charge in [0.15, 0.2) is 11.4 Å². The number of nitrogens with zero attached hydrogens (tertiary/aromatic N) is 3. The number of ketones is 1. The van der Waals surface area contributed by atoms with Crippen LogP contribution in [-0.2, 0) is 0 Å². The van der Waals surface area contributed by atoms with E-state index < -0.39 is 0 Å². The van der Waals surface area contributed by atoms with Crippen LogP contribution in [0.5, 0.6) is 0 Å². The van der Waals surface area contributed by atoms with Crippen molar-refractivity contribution < 1.29 is 4.79 Å². The molecule has 21 heavy (non-hydrogen) atoms. The van der Waals surface area contributed by atoms with Gasteiger partial charge in [-0.1, -0.05) is 28.1 Å². The Morgan fingerprint density at radius 3 is 2.86 bits per heavy atom. The number of rotatable bonds is 2. The standard InChI is InChI=1S/C16H10BrN3O/c17-9-14(21)11-8-10-4-3-7-18-15(10)20-13-6-2-1-5-12(13)19-16(11)20/h1-8H,9H2. The lowest BCUT2D eigenvalue weighted by Gasteiger charge is -2.06. The van der Waals surface area contributed by atoms with Crippen molar-refractivity contribution in [2.24, 2.45) is 0 Å². The lowest BCUT2D eigenvalue weighted by molar-refractivity contribution is 0.102. The van der Waals surface area contributed by atoms with Crippen LogP contribution in [0.1, 0.15) is 10.4 Å². The average molecular weight is 340 g/mol. The molecule has 3 heterocycles. The molecule has 4 aromatic rings. The molecule has 0 saturated heterocycles. The van der Waals surface area contributed by atoms with Crippen molar-refractivity contribution in [1.82, 2.24) is 14.4 Å². The molecule has 0 spiro atoms. The third-order valence-corrected chi connectivity index (χ3v) is 4.06. The summed E-state index contributed by atoms with van der Waals surface area (Å²) in [5.74, 6) is 0.0149. The van der Waals surface area contributed by atoms with Gasteiger partial charge >= 0.3 is 0 Å². The van der Waals surface area contributed by atoms with Gasteiger partial charge in [0.25, 0.3) is 0 Å². The number of fused-ring (bicyclic) bond motifs is 5. The van der Waals surface area contributed by atoms with Gasteiger partial charge in [0.05, 0.1) is 21.9 Å². The second kappa shape index (κ2) is 4.63. The van der Waals surface area contributed by atoms with E-state index in [0.717, 1.165) is 22.1 Å². The van der Waals surface area contributed by atoms with Gasteiger partial charge in [-0.2, -0.15) is 0 Å². The molecule has 0 aliphatic heterocycles. The molecule has 0 amide bonds. The van der Waals surface area contributed by atoms with E-state index in [4.69, 9.17) is 0 Å². The highest BCUT2D eigenvalue weighted by Crippen LogP contribution is 2.25. The van der Waals surface area contributed by atoms with Crippen LogP contribution in [0.2, 0.25) is 0 Å². The topological polar surface area (TPSA) is 47.3 Å². The number of alkyl halides is 1. The quantitative estimate of drug-likeness (QED) is 0.414. The van der Waals surface area contributed by atoms with Gasteiger partial charge in [-0.3, -0.25) is 9.20 Å². The van der Waals surface area contributed by atoms with Gasteiger partial charge in [-0.05, 0) is 30.3 Å². The molecule has 0 N–H and O–H groups in total. The molecular weight excluding hydrogens is 330 g/mol. The Kier molecular flexibility index (Phi) is 2.75. The zero-order valence-corrected chi connectivity index (χ0v) is 12.5. The van der Waals surface area contributed by atoms with E-state index in [1.54, 1.807) is 6.20 Å². The number of para-hydroxylation sites is 2. The van der Waals surface area contributed by atoms with Crippen LogP contribution >= 0.6 is 15.9 Å². The van der Waals surface area contributed by atoms with Gasteiger partial charge in [0.2, 0.25) is 0 Å². The minimum atomic E-state index is 0.0149. The van der Waals surface area contributed by atoms with Gasteiger partial charge in [0.1, 0.15) is 5.65 Å². The number of pyridine rings is 2. The van der Waals surface area contributed by atoms with Gasteiger partial charge < -0.3 is 0 Å². The van der Waals surface area contributed by atoms with E-state index >= 15 is 0 Å². The first-order valence-electron chi connectivity index (χ1n) is 6.53. The first-order chi connectivity index (χ1) is 10.3. The van der Waals surface area contributed by atoms with E-state index in [2.05, 4.69) is 25.9 Å². The Morgan fingerprint density at radius 1 is 1.14 bits per heavy atom. The fraction of sp³-hybridized carbons (Fsp3) is 0.0625. The third kappa shape index (κ3) is 1.77. The van der Waals surface area contributed by atoms with Crippen LogP contribution in [-0.4, -0.2) is 25.5 Å². The molecule has 102 valence electrons. The smallest absolute Gasteiger partial charge is 0.177 e. The van der Waals surface area contributed by atoms with Crippen LogP contribution in [0.25, 0.3) is 27.7 Å². The highest BCUT2D eigenvalue weighted by Gasteiger charge is 2.16. The predicted molar refractivity (Wildman–Crippen MR) is 86.1 cm³/mol. The van der Waals surface area contributed by atoms with Gasteiger partial charge in [0, 0.05) is 11.6 Å². The average Bonchev–Trinajstić information content (AvgIpc) is 2.93.